The van der Waals surface area contributed by atoms with Gasteiger partial charge in [-0.3, -0.25) is 9.58 Å². The van der Waals surface area contributed by atoms with E-state index in [1.165, 1.54) is 37.7 Å². The highest BCUT2D eigenvalue weighted by Crippen LogP contribution is 2.34. The lowest BCUT2D eigenvalue weighted by Gasteiger charge is -2.26. The van der Waals surface area contributed by atoms with Crippen molar-refractivity contribution in [1.29, 1.82) is 0 Å². The van der Waals surface area contributed by atoms with E-state index < -0.39 is 9.84 Å². The molecule has 0 bridgehead atoms. The van der Waals surface area contributed by atoms with E-state index in [4.69, 9.17) is 5.10 Å². The zero-order valence-corrected chi connectivity index (χ0v) is 18.8. The van der Waals surface area contributed by atoms with Gasteiger partial charge in [0.05, 0.1) is 17.2 Å². The van der Waals surface area contributed by atoms with Crippen LogP contribution in [-0.2, 0) is 23.4 Å². The molecule has 2 aliphatic rings. The van der Waals surface area contributed by atoms with Crippen molar-refractivity contribution in [3.05, 3.63) is 54.2 Å². The van der Waals surface area contributed by atoms with Gasteiger partial charge >= 0.3 is 0 Å². The number of sulfone groups is 1. The monoisotopic (exact) mass is 427 g/mol. The van der Waals surface area contributed by atoms with E-state index >= 15 is 0 Å². The molecule has 30 heavy (non-hydrogen) atoms. The molecule has 1 aliphatic heterocycles. The largest absolute Gasteiger partial charge is 0.291 e. The van der Waals surface area contributed by atoms with Gasteiger partial charge in [0.15, 0.2) is 9.84 Å². The minimum atomic E-state index is -2.92. The fourth-order valence-electron chi connectivity index (χ4n) is 5.04. The molecule has 1 saturated carbocycles. The molecule has 2 aromatic rings. The summed E-state index contributed by atoms with van der Waals surface area (Å²) < 4.78 is 25.8. The van der Waals surface area contributed by atoms with Crippen LogP contribution in [0.2, 0.25) is 0 Å². The summed E-state index contributed by atoms with van der Waals surface area (Å²) in [6, 6.07) is 9.00. The maximum Gasteiger partial charge on any atom is 0.151 e. The molecule has 162 valence electrons. The van der Waals surface area contributed by atoms with Crippen molar-refractivity contribution < 1.29 is 8.42 Å². The van der Waals surface area contributed by atoms with Crippen LogP contribution in [0.25, 0.3) is 11.3 Å². The summed E-state index contributed by atoms with van der Waals surface area (Å²) in [6.45, 7) is 5.23. The lowest BCUT2D eigenvalue weighted by Crippen LogP contribution is -2.35. The SMILES string of the molecule is C=CCN(Cc1cn(C)nc1-c1ccc(C2CCCCC2)cc1)[C@H]1CCS(=O)(=O)C1. The van der Waals surface area contributed by atoms with Gasteiger partial charge in [-0.2, -0.15) is 5.10 Å². The minimum Gasteiger partial charge on any atom is -0.291 e. The number of hydrogen-bond donors (Lipinski definition) is 0. The van der Waals surface area contributed by atoms with Gasteiger partial charge in [-0.25, -0.2) is 8.42 Å². The average molecular weight is 428 g/mol. The van der Waals surface area contributed by atoms with Crippen LogP contribution in [0.1, 0.15) is 55.6 Å². The second-order valence-electron chi connectivity index (χ2n) is 8.91. The molecule has 1 aromatic heterocycles. The number of hydrogen-bond acceptors (Lipinski definition) is 4. The number of nitrogens with zero attached hydrogens (tertiary/aromatic N) is 3. The molecule has 5 nitrogen and oxygen atoms in total. The molecule has 0 unspecified atom stereocenters. The van der Waals surface area contributed by atoms with Gasteiger partial charge in [-0.1, -0.05) is 49.6 Å². The molecule has 4 rings (SSSR count). The lowest BCUT2D eigenvalue weighted by atomic mass is 9.84. The van der Waals surface area contributed by atoms with Crippen LogP contribution in [0, 0.1) is 0 Å². The van der Waals surface area contributed by atoms with Gasteiger partial charge in [-0.05, 0) is 30.7 Å². The molecular formula is C24H33N3O2S. The van der Waals surface area contributed by atoms with Gasteiger partial charge in [0.1, 0.15) is 0 Å². The van der Waals surface area contributed by atoms with Crippen molar-refractivity contribution in [1.82, 2.24) is 14.7 Å². The Morgan fingerprint density at radius 1 is 1.17 bits per heavy atom. The van der Waals surface area contributed by atoms with Gasteiger partial charge in [0.2, 0.25) is 0 Å². The topological polar surface area (TPSA) is 55.2 Å². The highest BCUT2D eigenvalue weighted by Gasteiger charge is 2.32. The minimum absolute atomic E-state index is 0.0507. The first kappa shape index (κ1) is 21.3. The highest BCUT2D eigenvalue weighted by molar-refractivity contribution is 7.91. The first-order valence-electron chi connectivity index (χ1n) is 11.1. The molecule has 1 aromatic carbocycles. The van der Waals surface area contributed by atoms with Crippen LogP contribution < -0.4 is 0 Å². The van der Waals surface area contributed by atoms with Crippen molar-refractivity contribution in [3.63, 3.8) is 0 Å². The first-order valence-corrected chi connectivity index (χ1v) is 13.0. The molecule has 1 aliphatic carbocycles. The molecule has 0 N–H and O–H groups in total. The van der Waals surface area contributed by atoms with Crippen molar-refractivity contribution >= 4 is 9.84 Å². The molecular weight excluding hydrogens is 394 g/mol. The summed E-state index contributed by atoms with van der Waals surface area (Å²) in [5, 5.41) is 4.74. The zero-order chi connectivity index (χ0) is 21.1. The fraction of sp³-hybridized carbons (Fsp3) is 0.542. The van der Waals surface area contributed by atoms with E-state index in [0.29, 0.717) is 25.4 Å². The van der Waals surface area contributed by atoms with Crippen LogP contribution in [0.3, 0.4) is 0 Å². The Morgan fingerprint density at radius 3 is 2.53 bits per heavy atom. The van der Waals surface area contributed by atoms with Crippen LogP contribution in [0.5, 0.6) is 0 Å². The third kappa shape index (κ3) is 4.86. The van der Waals surface area contributed by atoms with Crippen LogP contribution >= 0.6 is 0 Å². The summed E-state index contributed by atoms with van der Waals surface area (Å²) in [4.78, 5) is 2.23. The Bertz CT molecular complexity index is 972. The molecule has 1 atom stereocenters. The predicted molar refractivity (Wildman–Crippen MR) is 122 cm³/mol. The van der Waals surface area contributed by atoms with Crippen LogP contribution in [0.15, 0.2) is 43.1 Å². The van der Waals surface area contributed by atoms with Gasteiger partial charge < -0.3 is 0 Å². The fourth-order valence-corrected chi connectivity index (χ4v) is 6.80. The molecule has 2 heterocycles. The molecule has 6 heteroatoms. The van der Waals surface area contributed by atoms with Gasteiger partial charge in [0, 0.05) is 43.5 Å². The van der Waals surface area contributed by atoms with E-state index in [9.17, 15) is 8.42 Å². The second-order valence-corrected chi connectivity index (χ2v) is 11.1. The lowest BCUT2D eigenvalue weighted by molar-refractivity contribution is 0.227. The van der Waals surface area contributed by atoms with Crippen molar-refractivity contribution in [2.45, 2.75) is 57.0 Å². The number of benzene rings is 1. The average Bonchev–Trinajstić information content (AvgIpc) is 3.30. The van der Waals surface area contributed by atoms with E-state index in [-0.39, 0.29) is 17.5 Å². The third-order valence-electron chi connectivity index (χ3n) is 6.63. The van der Waals surface area contributed by atoms with Crippen LogP contribution in [0.4, 0.5) is 0 Å². The van der Waals surface area contributed by atoms with Crippen molar-refractivity contribution in [3.8, 4) is 11.3 Å². The van der Waals surface area contributed by atoms with Crippen LogP contribution in [-0.4, -0.2) is 47.2 Å². The van der Waals surface area contributed by atoms with E-state index in [1.54, 1.807) is 0 Å². The summed E-state index contributed by atoms with van der Waals surface area (Å²) >= 11 is 0. The molecule has 2 fully saturated rings. The van der Waals surface area contributed by atoms with Gasteiger partial charge in [-0.15, -0.1) is 6.58 Å². The quantitative estimate of drug-likeness (QED) is 0.618. The smallest absolute Gasteiger partial charge is 0.151 e. The highest BCUT2D eigenvalue weighted by atomic mass is 32.2. The molecule has 1 saturated heterocycles. The van der Waals surface area contributed by atoms with E-state index in [1.807, 2.05) is 17.8 Å². The Labute approximate surface area is 180 Å². The summed E-state index contributed by atoms with van der Waals surface area (Å²) in [5.74, 6) is 1.23. The number of aromatic nitrogens is 2. The molecule has 0 spiro atoms. The van der Waals surface area contributed by atoms with Crippen molar-refractivity contribution in [2.24, 2.45) is 7.05 Å². The summed E-state index contributed by atoms with van der Waals surface area (Å²) in [6.07, 6.45) is 11.3. The molecule has 0 radical (unpaired) electrons. The predicted octanol–water partition coefficient (Wildman–Crippen LogP) is 4.31. The second kappa shape index (κ2) is 9.06. The number of rotatable bonds is 7. The van der Waals surface area contributed by atoms with Gasteiger partial charge in [0.25, 0.3) is 0 Å². The van der Waals surface area contributed by atoms with Crippen molar-refractivity contribution in [2.75, 3.05) is 18.1 Å². The number of aryl methyl sites for hydroxylation is 1. The maximum atomic E-state index is 12.0. The standard InChI is InChI=1S/C24H33N3O2S/c1-3-14-27(23-13-15-30(28,29)18-23)17-22-16-26(2)25-24(22)21-11-9-20(10-12-21)19-7-5-4-6-8-19/h3,9-12,16,19,23H,1,4-8,13-15,17-18H2,2H3/t23-/m0/s1. The van der Waals surface area contributed by atoms with E-state index in [0.717, 1.165) is 16.8 Å². The normalized spacial score (nSPS) is 21.9. The Hall–Kier alpha value is -1.92. The Morgan fingerprint density at radius 2 is 1.90 bits per heavy atom. The van der Waals surface area contributed by atoms with E-state index in [2.05, 4.69) is 41.9 Å². The summed E-state index contributed by atoms with van der Waals surface area (Å²) in [7, 11) is -0.975. The third-order valence-corrected chi connectivity index (χ3v) is 8.38. The first-order chi connectivity index (χ1) is 14.4. The Balaban J connectivity index is 1.55. The Kier molecular flexibility index (Phi) is 6.44. The molecule has 0 amide bonds. The maximum absolute atomic E-state index is 12.0. The summed E-state index contributed by atoms with van der Waals surface area (Å²) in [5.41, 5.74) is 4.69. The zero-order valence-electron chi connectivity index (χ0n) is 18.0.